The van der Waals surface area contributed by atoms with Gasteiger partial charge in [-0.1, -0.05) is 6.92 Å². The van der Waals surface area contributed by atoms with E-state index in [4.69, 9.17) is 5.73 Å². The molecular weight excluding hydrogens is 178 g/mol. The van der Waals surface area contributed by atoms with Crippen molar-refractivity contribution in [3.8, 4) is 0 Å². The number of hydrogen-bond acceptors (Lipinski definition) is 2. The fraction of sp³-hybridized carbons (Fsp3) is 0.273. The Hall–Kier alpha value is -1.02. The van der Waals surface area contributed by atoms with Gasteiger partial charge in [0.05, 0.1) is 0 Å². The number of nitrogen functional groups attached to an aromatic ring is 1. The van der Waals surface area contributed by atoms with E-state index in [1.54, 1.807) is 0 Å². The van der Waals surface area contributed by atoms with Gasteiger partial charge in [-0.3, -0.25) is 0 Å². The van der Waals surface area contributed by atoms with Crippen molar-refractivity contribution in [1.29, 1.82) is 0 Å². The first kappa shape index (κ1) is 8.57. The van der Waals surface area contributed by atoms with Crippen LogP contribution in [0.2, 0.25) is 0 Å². The molecule has 0 unspecified atom stereocenters. The van der Waals surface area contributed by atoms with Gasteiger partial charge in [0, 0.05) is 15.3 Å². The first-order valence-electron chi connectivity index (χ1n) is 4.50. The van der Waals surface area contributed by atoms with E-state index in [9.17, 15) is 0 Å². The Morgan fingerprint density at radius 2 is 2.15 bits per heavy atom. The molecule has 13 heavy (non-hydrogen) atoms. The molecule has 1 nitrogen and oxygen atoms in total. The molecule has 0 aliphatic carbocycles. The number of thiophene rings is 1. The average Bonchev–Trinajstić information content (AvgIpc) is 2.45. The first-order valence-corrected chi connectivity index (χ1v) is 5.31. The van der Waals surface area contributed by atoms with Crippen LogP contribution in [0.5, 0.6) is 0 Å². The quantitative estimate of drug-likeness (QED) is 0.687. The molecular formula is C11H13NS. The van der Waals surface area contributed by atoms with Gasteiger partial charge in [-0.2, -0.15) is 0 Å². The van der Waals surface area contributed by atoms with Gasteiger partial charge in [0.15, 0.2) is 0 Å². The van der Waals surface area contributed by atoms with Crippen LogP contribution < -0.4 is 5.73 Å². The molecule has 2 aromatic rings. The molecule has 0 fully saturated rings. The van der Waals surface area contributed by atoms with Crippen molar-refractivity contribution < 1.29 is 0 Å². The van der Waals surface area contributed by atoms with Gasteiger partial charge >= 0.3 is 0 Å². The van der Waals surface area contributed by atoms with Gasteiger partial charge in [0.2, 0.25) is 0 Å². The molecule has 2 rings (SSSR count). The molecule has 2 N–H and O–H groups in total. The van der Waals surface area contributed by atoms with E-state index < -0.39 is 0 Å². The lowest BCUT2D eigenvalue weighted by Crippen LogP contribution is -1.92. The average molecular weight is 191 g/mol. The SMILES string of the molecule is CCc1c(N)ccc2sc(C)cc12. The van der Waals surface area contributed by atoms with Crippen molar-refractivity contribution in [2.45, 2.75) is 20.3 Å². The normalized spacial score (nSPS) is 10.9. The smallest absolute Gasteiger partial charge is 0.0353 e. The third-order valence-corrected chi connectivity index (χ3v) is 3.34. The molecule has 0 amide bonds. The zero-order valence-electron chi connectivity index (χ0n) is 7.92. The van der Waals surface area contributed by atoms with E-state index in [1.807, 2.05) is 17.4 Å². The van der Waals surface area contributed by atoms with Crippen LogP contribution in [-0.2, 0) is 6.42 Å². The summed E-state index contributed by atoms with van der Waals surface area (Å²) in [6.07, 6.45) is 1.01. The number of hydrogen-bond donors (Lipinski definition) is 1. The Morgan fingerprint density at radius 1 is 1.38 bits per heavy atom. The number of fused-ring (bicyclic) bond motifs is 1. The number of anilines is 1. The van der Waals surface area contributed by atoms with E-state index in [-0.39, 0.29) is 0 Å². The van der Waals surface area contributed by atoms with Gasteiger partial charge in [0.1, 0.15) is 0 Å². The van der Waals surface area contributed by atoms with Gasteiger partial charge in [0.25, 0.3) is 0 Å². The van der Waals surface area contributed by atoms with Crippen molar-refractivity contribution in [2.24, 2.45) is 0 Å². The van der Waals surface area contributed by atoms with Crippen LogP contribution in [0.25, 0.3) is 10.1 Å². The summed E-state index contributed by atoms with van der Waals surface area (Å²) in [5.41, 5.74) is 8.13. The highest BCUT2D eigenvalue weighted by molar-refractivity contribution is 7.19. The fourth-order valence-electron chi connectivity index (χ4n) is 1.71. The van der Waals surface area contributed by atoms with Crippen LogP contribution in [0.1, 0.15) is 17.4 Å². The molecule has 0 radical (unpaired) electrons. The molecule has 2 heteroatoms. The summed E-state index contributed by atoms with van der Waals surface area (Å²) in [5, 5.41) is 1.34. The van der Waals surface area contributed by atoms with Crippen LogP contribution in [0.3, 0.4) is 0 Å². The summed E-state index contributed by atoms with van der Waals surface area (Å²) in [4.78, 5) is 1.36. The van der Waals surface area contributed by atoms with Gasteiger partial charge in [-0.15, -0.1) is 11.3 Å². The van der Waals surface area contributed by atoms with E-state index in [0.29, 0.717) is 0 Å². The molecule has 1 aromatic carbocycles. The molecule has 1 aromatic heterocycles. The second-order valence-corrected chi connectivity index (χ2v) is 4.54. The summed E-state index contributed by atoms with van der Waals surface area (Å²) in [7, 11) is 0. The summed E-state index contributed by atoms with van der Waals surface area (Å²) >= 11 is 1.83. The summed E-state index contributed by atoms with van der Waals surface area (Å²) in [6.45, 7) is 4.29. The van der Waals surface area contributed by atoms with Gasteiger partial charge in [-0.05, 0) is 42.5 Å². The highest BCUT2D eigenvalue weighted by atomic mass is 32.1. The third kappa shape index (κ3) is 1.31. The Balaban J connectivity index is 2.82. The summed E-state index contributed by atoms with van der Waals surface area (Å²) in [5.74, 6) is 0. The lowest BCUT2D eigenvalue weighted by Gasteiger charge is -2.03. The van der Waals surface area contributed by atoms with E-state index in [2.05, 4.69) is 26.0 Å². The van der Waals surface area contributed by atoms with E-state index in [0.717, 1.165) is 12.1 Å². The highest BCUT2D eigenvalue weighted by Crippen LogP contribution is 2.31. The second kappa shape index (κ2) is 3.04. The summed E-state index contributed by atoms with van der Waals surface area (Å²) < 4.78 is 1.35. The molecule has 0 spiro atoms. The number of rotatable bonds is 1. The van der Waals surface area contributed by atoms with Crippen molar-refractivity contribution in [2.75, 3.05) is 5.73 Å². The van der Waals surface area contributed by atoms with Crippen molar-refractivity contribution in [3.05, 3.63) is 28.6 Å². The van der Waals surface area contributed by atoms with Crippen LogP contribution >= 0.6 is 11.3 Å². The lowest BCUT2D eigenvalue weighted by molar-refractivity contribution is 1.16. The fourth-order valence-corrected chi connectivity index (χ4v) is 2.66. The zero-order chi connectivity index (χ0) is 9.42. The van der Waals surface area contributed by atoms with Crippen LogP contribution in [-0.4, -0.2) is 0 Å². The minimum Gasteiger partial charge on any atom is -0.398 e. The third-order valence-electron chi connectivity index (χ3n) is 2.33. The monoisotopic (exact) mass is 191 g/mol. The maximum absolute atomic E-state index is 5.91. The molecule has 0 bridgehead atoms. The molecule has 0 saturated heterocycles. The lowest BCUT2D eigenvalue weighted by atomic mass is 10.1. The van der Waals surface area contributed by atoms with Gasteiger partial charge < -0.3 is 5.73 Å². The van der Waals surface area contributed by atoms with Gasteiger partial charge in [-0.25, -0.2) is 0 Å². The standard InChI is InChI=1S/C11H13NS/c1-3-8-9-6-7(2)13-11(9)5-4-10(8)12/h4-6H,3,12H2,1-2H3. The van der Waals surface area contributed by atoms with Crippen molar-refractivity contribution in [1.82, 2.24) is 0 Å². The maximum Gasteiger partial charge on any atom is 0.0353 e. The zero-order valence-corrected chi connectivity index (χ0v) is 8.74. The second-order valence-electron chi connectivity index (χ2n) is 3.26. The predicted molar refractivity (Wildman–Crippen MR) is 60.4 cm³/mol. The van der Waals surface area contributed by atoms with Crippen LogP contribution in [0.4, 0.5) is 5.69 Å². The highest BCUT2D eigenvalue weighted by Gasteiger charge is 2.05. The largest absolute Gasteiger partial charge is 0.398 e. The number of benzene rings is 1. The van der Waals surface area contributed by atoms with E-state index in [1.165, 1.54) is 20.5 Å². The number of aryl methyl sites for hydroxylation is 2. The minimum absolute atomic E-state index is 0.924. The topological polar surface area (TPSA) is 26.0 Å². The Bertz CT molecular complexity index is 443. The molecule has 0 atom stereocenters. The molecule has 0 aliphatic heterocycles. The predicted octanol–water partition coefficient (Wildman–Crippen LogP) is 3.35. The minimum atomic E-state index is 0.924. The van der Waals surface area contributed by atoms with E-state index >= 15 is 0 Å². The Labute approximate surface area is 82.2 Å². The molecule has 0 saturated carbocycles. The Kier molecular flexibility index (Phi) is 2.00. The molecule has 0 aliphatic rings. The van der Waals surface area contributed by atoms with Crippen molar-refractivity contribution in [3.63, 3.8) is 0 Å². The molecule has 68 valence electrons. The maximum atomic E-state index is 5.91. The Morgan fingerprint density at radius 3 is 2.85 bits per heavy atom. The van der Waals surface area contributed by atoms with Crippen LogP contribution in [0.15, 0.2) is 18.2 Å². The van der Waals surface area contributed by atoms with Crippen LogP contribution in [0, 0.1) is 6.92 Å². The van der Waals surface area contributed by atoms with Crippen molar-refractivity contribution >= 4 is 27.1 Å². The summed E-state index contributed by atoms with van der Waals surface area (Å²) in [6, 6.07) is 6.35. The first-order chi connectivity index (χ1) is 6.22. The number of nitrogens with two attached hydrogens (primary N) is 1. The molecule has 1 heterocycles.